The molecule has 1 saturated heterocycles. The Morgan fingerprint density at radius 2 is 1.78 bits per heavy atom. The minimum Gasteiger partial charge on any atom is -0.381 e. The Morgan fingerprint density at radius 1 is 1.12 bits per heavy atom. The number of nitrogens with zero attached hydrogens (tertiary/aromatic N) is 2. The molecule has 0 unspecified atom stereocenters. The summed E-state index contributed by atoms with van der Waals surface area (Å²) in [7, 11) is 0. The molecule has 1 aromatic rings. The van der Waals surface area contributed by atoms with E-state index >= 15 is 0 Å². The summed E-state index contributed by atoms with van der Waals surface area (Å²) < 4.78 is 5.66. The van der Waals surface area contributed by atoms with Gasteiger partial charge in [-0.3, -0.25) is 19.3 Å². The second kappa shape index (κ2) is 12.1. The summed E-state index contributed by atoms with van der Waals surface area (Å²) in [5, 5.41) is 3.39. The highest BCUT2D eigenvalue weighted by molar-refractivity contribution is 6.21. The number of amides is 3. The normalized spacial score (nSPS) is 16.7. The van der Waals surface area contributed by atoms with Gasteiger partial charge in [-0.05, 0) is 62.7 Å². The molecule has 3 amide bonds. The quantitative estimate of drug-likeness (QED) is 0.397. The van der Waals surface area contributed by atoms with Crippen LogP contribution in [0.15, 0.2) is 24.3 Å². The summed E-state index contributed by atoms with van der Waals surface area (Å²) in [4.78, 5) is 40.7. The van der Waals surface area contributed by atoms with E-state index in [1.807, 2.05) is 4.90 Å². The van der Waals surface area contributed by atoms with Gasteiger partial charge in [0.15, 0.2) is 0 Å². The Balaban J connectivity index is 1.34. The zero-order valence-electron chi connectivity index (χ0n) is 19.5. The molecule has 0 atom stereocenters. The third-order valence-corrected chi connectivity index (χ3v) is 6.21. The van der Waals surface area contributed by atoms with Crippen molar-refractivity contribution in [1.29, 1.82) is 0 Å². The molecule has 3 rings (SSSR count). The third kappa shape index (κ3) is 6.62. The molecule has 2 aliphatic heterocycles. The molecule has 0 aliphatic carbocycles. The van der Waals surface area contributed by atoms with Gasteiger partial charge >= 0.3 is 0 Å². The van der Waals surface area contributed by atoms with Crippen molar-refractivity contribution in [1.82, 2.24) is 15.1 Å². The lowest BCUT2D eigenvalue weighted by Gasteiger charge is -2.28. The van der Waals surface area contributed by atoms with Crippen LogP contribution >= 0.6 is 0 Å². The van der Waals surface area contributed by atoms with Crippen molar-refractivity contribution in [2.75, 3.05) is 45.9 Å². The summed E-state index contributed by atoms with van der Waals surface area (Å²) in [6, 6.07) is 6.91. The monoisotopic (exact) mass is 443 g/mol. The summed E-state index contributed by atoms with van der Waals surface area (Å²) in [6.07, 6.45) is 4.39. The van der Waals surface area contributed by atoms with Crippen molar-refractivity contribution in [2.45, 2.75) is 46.0 Å². The van der Waals surface area contributed by atoms with Gasteiger partial charge in [0.25, 0.3) is 11.8 Å². The third-order valence-electron chi connectivity index (χ3n) is 6.21. The smallest absolute Gasteiger partial charge is 0.261 e. The fraction of sp³-hybridized carbons (Fsp3) is 0.640. The van der Waals surface area contributed by atoms with Crippen LogP contribution in [0.4, 0.5) is 0 Å². The standard InChI is InChI=1S/C25H37N3O4/c1-19(2)18-27(15-10-20-8-12-26-13-9-20)23(29)11-17-32-16-5-14-28-24(30)21-6-3-4-7-22(21)25(28)31/h3-4,6-7,19-20,26H,5,8-18H2,1-2H3. The van der Waals surface area contributed by atoms with E-state index in [-0.39, 0.29) is 17.7 Å². The first-order valence-electron chi connectivity index (χ1n) is 12.0. The fourth-order valence-electron chi connectivity index (χ4n) is 4.45. The highest BCUT2D eigenvalue weighted by atomic mass is 16.5. The lowest BCUT2D eigenvalue weighted by atomic mass is 9.94. The Morgan fingerprint density at radius 3 is 2.41 bits per heavy atom. The molecule has 0 bridgehead atoms. The highest BCUT2D eigenvalue weighted by Gasteiger charge is 2.34. The van der Waals surface area contributed by atoms with E-state index in [4.69, 9.17) is 4.74 Å². The average molecular weight is 444 g/mol. The average Bonchev–Trinajstić information content (AvgIpc) is 3.04. The van der Waals surface area contributed by atoms with Crippen LogP contribution in [-0.2, 0) is 9.53 Å². The van der Waals surface area contributed by atoms with Gasteiger partial charge in [-0.15, -0.1) is 0 Å². The van der Waals surface area contributed by atoms with E-state index in [1.54, 1.807) is 24.3 Å². The molecule has 2 aliphatic rings. The number of imide groups is 1. The first-order chi connectivity index (χ1) is 15.5. The van der Waals surface area contributed by atoms with Gasteiger partial charge in [-0.1, -0.05) is 26.0 Å². The number of rotatable bonds is 12. The van der Waals surface area contributed by atoms with E-state index in [0.29, 0.717) is 55.6 Å². The van der Waals surface area contributed by atoms with Crippen molar-refractivity contribution in [3.63, 3.8) is 0 Å². The second-order valence-corrected chi connectivity index (χ2v) is 9.24. The molecule has 0 aromatic heterocycles. The number of hydrogen-bond donors (Lipinski definition) is 1. The second-order valence-electron chi connectivity index (χ2n) is 9.24. The van der Waals surface area contributed by atoms with Crippen LogP contribution in [0.3, 0.4) is 0 Å². The SMILES string of the molecule is CC(C)CN(CCC1CCNCC1)C(=O)CCOCCCN1C(=O)c2ccccc2C1=O. The number of ether oxygens (including phenoxy) is 1. The molecule has 7 heteroatoms. The molecule has 176 valence electrons. The van der Waals surface area contributed by atoms with Crippen molar-refractivity contribution in [3.8, 4) is 0 Å². The lowest BCUT2D eigenvalue weighted by Crippen LogP contribution is -2.37. The van der Waals surface area contributed by atoms with Crippen LogP contribution in [0.1, 0.15) is 66.7 Å². The van der Waals surface area contributed by atoms with E-state index in [0.717, 1.165) is 32.6 Å². The molecule has 0 radical (unpaired) electrons. The van der Waals surface area contributed by atoms with E-state index < -0.39 is 0 Å². The van der Waals surface area contributed by atoms with Gasteiger partial charge in [-0.25, -0.2) is 0 Å². The Bertz CT molecular complexity index is 754. The van der Waals surface area contributed by atoms with Crippen LogP contribution in [-0.4, -0.2) is 73.5 Å². The predicted octanol–water partition coefficient (Wildman–Crippen LogP) is 2.95. The number of piperidine rings is 1. The Kier molecular flexibility index (Phi) is 9.23. The maximum absolute atomic E-state index is 12.7. The zero-order chi connectivity index (χ0) is 22.9. The van der Waals surface area contributed by atoms with Gasteiger partial charge in [-0.2, -0.15) is 0 Å². The Labute approximate surface area is 191 Å². The molecule has 2 heterocycles. The fourth-order valence-corrected chi connectivity index (χ4v) is 4.45. The molecule has 0 spiro atoms. The first kappa shape index (κ1) is 24.4. The number of benzene rings is 1. The molecule has 1 fully saturated rings. The van der Waals surface area contributed by atoms with Gasteiger partial charge in [0.2, 0.25) is 5.91 Å². The number of hydrogen-bond acceptors (Lipinski definition) is 5. The molecular formula is C25H37N3O4. The van der Waals surface area contributed by atoms with Crippen molar-refractivity contribution in [2.24, 2.45) is 11.8 Å². The minimum atomic E-state index is -0.237. The highest BCUT2D eigenvalue weighted by Crippen LogP contribution is 2.22. The minimum absolute atomic E-state index is 0.146. The Hall–Kier alpha value is -2.25. The lowest BCUT2D eigenvalue weighted by molar-refractivity contribution is -0.133. The van der Waals surface area contributed by atoms with Crippen LogP contribution in [0.2, 0.25) is 0 Å². The number of carbonyl (C=O) groups excluding carboxylic acids is 3. The zero-order valence-corrected chi connectivity index (χ0v) is 19.5. The van der Waals surface area contributed by atoms with Gasteiger partial charge in [0.05, 0.1) is 24.2 Å². The van der Waals surface area contributed by atoms with E-state index in [1.165, 1.54) is 17.7 Å². The summed E-state index contributed by atoms with van der Waals surface area (Å²) in [5.41, 5.74) is 0.942. The molecule has 1 N–H and O–H groups in total. The summed E-state index contributed by atoms with van der Waals surface area (Å²) >= 11 is 0. The van der Waals surface area contributed by atoms with E-state index in [9.17, 15) is 14.4 Å². The van der Waals surface area contributed by atoms with Crippen LogP contribution in [0, 0.1) is 11.8 Å². The van der Waals surface area contributed by atoms with Crippen LogP contribution in [0.25, 0.3) is 0 Å². The molecule has 0 saturated carbocycles. The topological polar surface area (TPSA) is 79.0 Å². The van der Waals surface area contributed by atoms with Crippen molar-refractivity contribution >= 4 is 17.7 Å². The summed E-state index contributed by atoms with van der Waals surface area (Å²) in [6.45, 7) is 9.15. The largest absolute Gasteiger partial charge is 0.381 e. The molecular weight excluding hydrogens is 406 g/mol. The maximum atomic E-state index is 12.7. The van der Waals surface area contributed by atoms with Crippen LogP contribution in [0.5, 0.6) is 0 Å². The number of carbonyl (C=O) groups is 3. The van der Waals surface area contributed by atoms with E-state index in [2.05, 4.69) is 19.2 Å². The molecule has 1 aromatic carbocycles. The predicted molar refractivity (Wildman–Crippen MR) is 123 cm³/mol. The van der Waals surface area contributed by atoms with Crippen molar-refractivity contribution < 1.29 is 19.1 Å². The van der Waals surface area contributed by atoms with Crippen molar-refractivity contribution in [3.05, 3.63) is 35.4 Å². The van der Waals surface area contributed by atoms with Gasteiger partial charge in [0.1, 0.15) is 0 Å². The molecule has 7 nitrogen and oxygen atoms in total. The number of nitrogens with one attached hydrogen (secondary N) is 1. The number of fused-ring (bicyclic) bond motifs is 1. The summed E-state index contributed by atoms with van der Waals surface area (Å²) in [5.74, 6) is 0.815. The maximum Gasteiger partial charge on any atom is 0.261 e. The first-order valence-corrected chi connectivity index (χ1v) is 12.0. The molecule has 32 heavy (non-hydrogen) atoms. The van der Waals surface area contributed by atoms with Gasteiger partial charge < -0.3 is 15.0 Å². The van der Waals surface area contributed by atoms with Gasteiger partial charge in [0, 0.05) is 26.2 Å². The van der Waals surface area contributed by atoms with Crippen LogP contribution < -0.4 is 5.32 Å².